The van der Waals surface area contributed by atoms with Gasteiger partial charge in [0.25, 0.3) is 0 Å². The van der Waals surface area contributed by atoms with E-state index in [2.05, 4.69) is 34.5 Å². The van der Waals surface area contributed by atoms with Crippen LogP contribution in [0.3, 0.4) is 0 Å². The monoisotopic (exact) mass is 445 g/mol. The molecule has 1 heterocycles. The average molecular weight is 446 g/mol. The Balaban J connectivity index is 1.63. The van der Waals surface area contributed by atoms with Crippen LogP contribution in [0.25, 0.3) is 6.08 Å². The summed E-state index contributed by atoms with van der Waals surface area (Å²) in [4.78, 5) is 14.7. The van der Waals surface area contributed by atoms with Crippen molar-refractivity contribution < 1.29 is 13.2 Å². The lowest BCUT2D eigenvalue weighted by Crippen LogP contribution is -2.48. The lowest BCUT2D eigenvalue weighted by atomic mass is 10.2. The molecule has 2 aromatic carbocycles. The van der Waals surface area contributed by atoms with Crippen molar-refractivity contribution in [3.63, 3.8) is 0 Å². The highest BCUT2D eigenvalue weighted by Crippen LogP contribution is 2.29. The second-order valence-electron chi connectivity index (χ2n) is 7.06. The third-order valence-electron chi connectivity index (χ3n) is 4.92. The van der Waals surface area contributed by atoms with E-state index in [0.717, 1.165) is 17.0 Å². The standard InChI is InChI=1S/C22H27N3O3S2/c1-18(26)23-21-17-20(10-11-22(21)29-2)30(27,28)25-15-13-24(14-16-25)12-6-9-19-7-4-3-5-8-19/h3-11,17H,12-16H2,1-2H3,(H,23,26)/b9-6+. The van der Waals surface area contributed by atoms with Crippen LogP contribution in [0, 0.1) is 0 Å². The Morgan fingerprint density at radius 1 is 1.10 bits per heavy atom. The minimum Gasteiger partial charge on any atom is -0.325 e. The second kappa shape index (κ2) is 10.3. The Morgan fingerprint density at radius 2 is 1.80 bits per heavy atom. The molecule has 1 amide bonds. The number of thioether (sulfide) groups is 1. The molecule has 0 radical (unpaired) electrons. The van der Waals surface area contributed by atoms with Crippen LogP contribution >= 0.6 is 11.8 Å². The highest BCUT2D eigenvalue weighted by molar-refractivity contribution is 7.98. The smallest absolute Gasteiger partial charge is 0.243 e. The minimum atomic E-state index is -3.60. The summed E-state index contributed by atoms with van der Waals surface area (Å²) in [6.45, 7) is 4.46. The summed E-state index contributed by atoms with van der Waals surface area (Å²) in [7, 11) is -3.60. The predicted molar refractivity (Wildman–Crippen MR) is 123 cm³/mol. The first-order chi connectivity index (χ1) is 14.4. The van der Waals surface area contributed by atoms with Gasteiger partial charge in [0.05, 0.1) is 10.6 Å². The summed E-state index contributed by atoms with van der Waals surface area (Å²) in [6.07, 6.45) is 6.08. The van der Waals surface area contributed by atoms with Crippen molar-refractivity contribution >= 4 is 39.5 Å². The molecule has 0 saturated carbocycles. The van der Waals surface area contributed by atoms with Crippen LogP contribution in [0.15, 0.2) is 64.4 Å². The number of piperazine rings is 1. The fourth-order valence-corrected chi connectivity index (χ4v) is 5.32. The number of nitrogens with one attached hydrogen (secondary N) is 1. The van der Waals surface area contributed by atoms with E-state index < -0.39 is 10.0 Å². The van der Waals surface area contributed by atoms with Crippen molar-refractivity contribution in [1.82, 2.24) is 9.21 Å². The number of sulfonamides is 1. The number of carbonyl (C=O) groups excluding carboxylic acids is 1. The van der Waals surface area contributed by atoms with E-state index in [1.165, 1.54) is 23.0 Å². The predicted octanol–water partition coefficient (Wildman–Crippen LogP) is 3.39. The zero-order chi connectivity index (χ0) is 21.6. The Hall–Kier alpha value is -2.13. The number of anilines is 1. The van der Waals surface area contributed by atoms with Crippen molar-refractivity contribution in [2.24, 2.45) is 0 Å². The van der Waals surface area contributed by atoms with Gasteiger partial charge in [0, 0.05) is 44.5 Å². The van der Waals surface area contributed by atoms with Crippen molar-refractivity contribution in [3.8, 4) is 0 Å². The van der Waals surface area contributed by atoms with Crippen LogP contribution in [0.5, 0.6) is 0 Å². The van der Waals surface area contributed by atoms with Gasteiger partial charge in [-0.05, 0) is 30.0 Å². The normalized spacial score (nSPS) is 16.1. The number of amides is 1. The zero-order valence-electron chi connectivity index (χ0n) is 17.2. The van der Waals surface area contributed by atoms with Crippen LogP contribution in [-0.2, 0) is 14.8 Å². The van der Waals surface area contributed by atoms with Crippen molar-refractivity contribution in [1.29, 1.82) is 0 Å². The molecule has 0 unspecified atom stereocenters. The number of nitrogens with zero attached hydrogens (tertiary/aromatic N) is 2. The van der Waals surface area contributed by atoms with Gasteiger partial charge >= 0.3 is 0 Å². The van der Waals surface area contributed by atoms with Crippen LogP contribution in [0.1, 0.15) is 12.5 Å². The van der Waals surface area contributed by atoms with E-state index in [9.17, 15) is 13.2 Å². The molecule has 8 heteroatoms. The topological polar surface area (TPSA) is 69.7 Å². The van der Waals surface area contributed by atoms with E-state index in [0.29, 0.717) is 31.9 Å². The molecular formula is C22H27N3O3S2. The fraction of sp³-hybridized carbons (Fsp3) is 0.318. The molecule has 0 bridgehead atoms. The van der Waals surface area contributed by atoms with Crippen LogP contribution in [-0.4, -0.2) is 62.5 Å². The Morgan fingerprint density at radius 3 is 2.43 bits per heavy atom. The van der Waals surface area contributed by atoms with Gasteiger partial charge in [0.15, 0.2) is 0 Å². The molecule has 160 valence electrons. The molecule has 1 N–H and O–H groups in total. The average Bonchev–Trinajstić information content (AvgIpc) is 2.74. The molecule has 0 spiro atoms. The summed E-state index contributed by atoms with van der Waals surface area (Å²) in [5.41, 5.74) is 1.68. The summed E-state index contributed by atoms with van der Waals surface area (Å²) in [5, 5.41) is 2.72. The highest BCUT2D eigenvalue weighted by Gasteiger charge is 2.28. The summed E-state index contributed by atoms with van der Waals surface area (Å²) in [6, 6.07) is 15.0. The van der Waals surface area contributed by atoms with Crippen molar-refractivity contribution in [3.05, 3.63) is 60.2 Å². The number of rotatable bonds is 7. The fourth-order valence-electron chi connectivity index (χ4n) is 3.34. The molecule has 0 aromatic heterocycles. The quantitative estimate of drug-likeness (QED) is 0.662. The van der Waals surface area contributed by atoms with Crippen LogP contribution in [0.4, 0.5) is 5.69 Å². The maximum absolute atomic E-state index is 13.1. The van der Waals surface area contributed by atoms with E-state index >= 15 is 0 Å². The second-order valence-corrected chi connectivity index (χ2v) is 9.85. The first-order valence-corrected chi connectivity index (χ1v) is 12.5. The van der Waals surface area contributed by atoms with E-state index in [4.69, 9.17) is 0 Å². The van der Waals surface area contributed by atoms with Gasteiger partial charge in [-0.3, -0.25) is 9.69 Å². The van der Waals surface area contributed by atoms with Gasteiger partial charge < -0.3 is 5.32 Å². The number of hydrogen-bond donors (Lipinski definition) is 1. The maximum atomic E-state index is 13.1. The number of benzene rings is 2. The summed E-state index contributed by atoms with van der Waals surface area (Å²) >= 11 is 1.46. The molecule has 1 aliphatic rings. The van der Waals surface area contributed by atoms with Gasteiger partial charge in [-0.25, -0.2) is 8.42 Å². The van der Waals surface area contributed by atoms with Crippen molar-refractivity contribution in [2.75, 3.05) is 44.3 Å². The molecule has 2 aromatic rings. The molecule has 30 heavy (non-hydrogen) atoms. The molecule has 1 saturated heterocycles. The van der Waals surface area contributed by atoms with Gasteiger partial charge in [0.1, 0.15) is 0 Å². The largest absolute Gasteiger partial charge is 0.325 e. The summed E-state index contributed by atoms with van der Waals surface area (Å²) in [5.74, 6) is -0.225. The Kier molecular flexibility index (Phi) is 7.71. The Bertz CT molecular complexity index is 1000. The van der Waals surface area contributed by atoms with E-state index in [1.807, 2.05) is 24.5 Å². The number of carbonyl (C=O) groups is 1. The lowest BCUT2D eigenvalue weighted by molar-refractivity contribution is -0.114. The van der Waals surface area contributed by atoms with E-state index in [-0.39, 0.29) is 10.8 Å². The third kappa shape index (κ3) is 5.72. The molecule has 6 nitrogen and oxygen atoms in total. The number of hydrogen-bond acceptors (Lipinski definition) is 5. The SMILES string of the molecule is CSc1ccc(S(=O)(=O)N2CCN(C/C=C/c3ccccc3)CC2)cc1NC(C)=O. The van der Waals surface area contributed by atoms with E-state index in [1.54, 1.807) is 18.2 Å². The van der Waals surface area contributed by atoms with Gasteiger partial charge in [0.2, 0.25) is 15.9 Å². The third-order valence-corrected chi connectivity index (χ3v) is 7.61. The zero-order valence-corrected chi connectivity index (χ0v) is 18.9. The van der Waals surface area contributed by atoms with Gasteiger partial charge in [-0.15, -0.1) is 11.8 Å². The first kappa shape index (κ1) is 22.6. The molecule has 0 atom stereocenters. The first-order valence-electron chi connectivity index (χ1n) is 9.80. The highest BCUT2D eigenvalue weighted by atomic mass is 32.2. The molecular weight excluding hydrogens is 418 g/mol. The van der Waals surface area contributed by atoms with Crippen molar-refractivity contribution in [2.45, 2.75) is 16.7 Å². The minimum absolute atomic E-state index is 0.210. The molecule has 3 rings (SSSR count). The molecule has 1 fully saturated rings. The lowest BCUT2D eigenvalue weighted by Gasteiger charge is -2.33. The summed E-state index contributed by atoms with van der Waals surface area (Å²) < 4.78 is 27.7. The molecule has 1 aliphatic heterocycles. The van der Waals surface area contributed by atoms with Gasteiger partial charge in [-0.1, -0.05) is 42.5 Å². The van der Waals surface area contributed by atoms with Crippen LogP contribution < -0.4 is 5.32 Å². The van der Waals surface area contributed by atoms with Crippen LogP contribution in [0.2, 0.25) is 0 Å². The van der Waals surface area contributed by atoms with Gasteiger partial charge in [-0.2, -0.15) is 4.31 Å². The Labute approximate surface area is 183 Å². The molecule has 0 aliphatic carbocycles. The maximum Gasteiger partial charge on any atom is 0.243 e.